The Morgan fingerprint density at radius 2 is 2.18 bits per heavy atom. The molecule has 0 radical (unpaired) electrons. The van der Waals surface area contributed by atoms with Gasteiger partial charge in [0, 0.05) is 0 Å². The van der Waals surface area contributed by atoms with Gasteiger partial charge >= 0.3 is 11.9 Å². The van der Waals surface area contributed by atoms with Crippen molar-refractivity contribution >= 4 is 11.9 Å². The van der Waals surface area contributed by atoms with Crippen molar-refractivity contribution in [2.45, 2.75) is 12.5 Å². The van der Waals surface area contributed by atoms with Crippen molar-refractivity contribution in [3.05, 3.63) is 35.1 Å². The van der Waals surface area contributed by atoms with Gasteiger partial charge in [0.25, 0.3) is 0 Å². The molecule has 0 unspecified atom stereocenters. The van der Waals surface area contributed by atoms with Crippen LogP contribution in [0.2, 0.25) is 0 Å². The number of carbonyl (C=O) groups is 2. The van der Waals surface area contributed by atoms with Crippen LogP contribution in [0.1, 0.15) is 15.9 Å². The summed E-state index contributed by atoms with van der Waals surface area (Å²) in [5, 5.41) is 8.86. The predicted molar refractivity (Wildman–Crippen MR) is 57.1 cm³/mol. The summed E-state index contributed by atoms with van der Waals surface area (Å²) in [6.07, 6.45) is -0.0912. The highest BCUT2D eigenvalue weighted by molar-refractivity contribution is 5.90. The standard InChI is InChI=1S/C11H12FNO4/c1-17-11(16)8(13)5-6-3-2-4-7(12)9(6)10(14)15/h2-4,8H,5,13H2,1H3,(H,14,15)/t8-/m1/s1. The molecule has 17 heavy (non-hydrogen) atoms. The van der Waals surface area contributed by atoms with Crippen LogP contribution in [-0.2, 0) is 16.0 Å². The molecule has 3 N–H and O–H groups in total. The third-order valence-corrected chi connectivity index (χ3v) is 2.26. The molecule has 0 saturated heterocycles. The Kier molecular flexibility index (Phi) is 4.17. The maximum atomic E-state index is 13.3. The zero-order chi connectivity index (χ0) is 13.0. The molecule has 0 aliphatic carbocycles. The van der Waals surface area contributed by atoms with Crippen molar-refractivity contribution in [1.82, 2.24) is 0 Å². The third kappa shape index (κ3) is 3.01. The van der Waals surface area contributed by atoms with E-state index in [2.05, 4.69) is 4.74 Å². The lowest BCUT2D eigenvalue weighted by atomic mass is 10.00. The number of methoxy groups -OCH3 is 1. The summed E-state index contributed by atoms with van der Waals surface area (Å²) in [5.41, 5.74) is 5.19. The van der Waals surface area contributed by atoms with E-state index >= 15 is 0 Å². The quantitative estimate of drug-likeness (QED) is 0.752. The number of halogens is 1. The molecular formula is C11H12FNO4. The Hall–Kier alpha value is -1.95. The Balaban J connectivity index is 3.02. The first-order valence-corrected chi connectivity index (χ1v) is 4.81. The summed E-state index contributed by atoms with van der Waals surface area (Å²) >= 11 is 0. The van der Waals surface area contributed by atoms with E-state index in [-0.39, 0.29) is 12.0 Å². The van der Waals surface area contributed by atoms with E-state index in [1.807, 2.05) is 0 Å². The van der Waals surface area contributed by atoms with Gasteiger partial charge in [-0.1, -0.05) is 12.1 Å². The summed E-state index contributed by atoms with van der Waals surface area (Å²) in [4.78, 5) is 22.0. The fourth-order valence-corrected chi connectivity index (χ4v) is 1.45. The normalized spacial score (nSPS) is 11.9. The van der Waals surface area contributed by atoms with E-state index in [1.54, 1.807) is 0 Å². The average molecular weight is 241 g/mol. The molecule has 5 nitrogen and oxygen atoms in total. The van der Waals surface area contributed by atoms with Crippen LogP contribution in [0.4, 0.5) is 4.39 Å². The summed E-state index contributed by atoms with van der Waals surface area (Å²) in [6, 6.07) is 2.80. The highest BCUT2D eigenvalue weighted by Crippen LogP contribution is 2.15. The molecule has 0 aliphatic rings. The van der Waals surface area contributed by atoms with Gasteiger partial charge in [-0.3, -0.25) is 4.79 Å². The lowest BCUT2D eigenvalue weighted by molar-refractivity contribution is -0.142. The molecule has 0 spiro atoms. The SMILES string of the molecule is COC(=O)[C@H](N)Cc1cccc(F)c1C(=O)O. The number of aromatic carboxylic acids is 1. The number of carbonyl (C=O) groups excluding carboxylic acids is 1. The minimum absolute atomic E-state index is 0.0912. The molecule has 0 bridgehead atoms. The molecule has 0 amide bonds. The average Bonchev–Trinajstić information content (AvgIpc) is 2.27. The van der Waals surface area contributed by atoms with Crippen LogP contribution in [0.15, 0.2) is 18.2 Å². The zero-order valence-electron chi connectivity index (χ0n) is 9.14. The first-order valence-electron chi connectivity index (χ1n) is 4.81. The Morgan fingerprint density at radius 1 is 1.53 bits per heavy atom. The second-order valence-corrected chi connectivity index (χ2v) is 3.41. The molecule has 0 fully saturated rings. The van der Waals surface area contributed by atoms with Crippen molar-refractivity contribution in [1.29, 1.82) is 0 Å². The van der Waals surface area contributed by atoms with Crippen LogP contribution in [0.25, 0.3) is 0 Å². The number of benzene rings is 1. The third-order valence-electron chi connectivity index (χ3n) is 2.26. The number of nitrogens with two attached hydrogens (primary N) is 1. The van der Waals surface area contributed by atoms with Gasteiger partial charge in [0.05, 0.1) is 12.7 Å². The second-order valence-electron chi connectivity index (χ2n) is 3.41. The maximum Gasteiger partial charge on any atom is 0.338 e. The smallest absolute Gasteiger partial charge is 0.338 e. The lowest BCUT2D eigenvalue weighted by Crippen LogP contribution is -2.34. The number of esters is 1. The molecule has 1 aromatic rings. The molecule has 0 heterocycles. The van der Waals surface area contributed by atoms with Crippen molar-refractivity contribution < 1.29 is 23.8 Å². The molecule has 6 heteroatoms. The second kappa shape index (κ2) is 5.40. The van der Waals surface area contributed by atoms with Gasteiger partial charge in [-0.05, 0) is 18.1 Å². The summed E-state index contributed by atoms with van der Waals surface area (Å²) < 4.78 is 17.7. The Labute approximate surface area is 97.0 Å². The number of ether oxygens (including phenoxy) is 1. The van der Waals surface area contributed by atoms with Gasteiger partial charge in [-0.25, -0.2) is 9.18 Å². The Morgan fingerprint density at radius 3 is 2.71 bits per heavy atom. The summed E-state index contributed by atoms with van der Waals surface area (Å²) in [5.74, 6) is -2.92. The van der Waals surface area contributed by atoms with Gasteiger partial charge in [0.15, 0.2) is 0 Å². The molecule has 0 aliphatic heterocycles. The fourth-order valence-electron chi connectivity index (χ4n) is 1.45. The van der Waals surface area contributed by atoms with Crippen molar-refractivity contribution in [2.24, 2.45) is 5.73 Å². The minimum Gasteiger partial charge on any atom is -0.478 e. The molecule has 1 rings (SSSR count). The highest BCUT2D eigenvalue weighted by Gasteiger charge is 2.20. The summed E-state index contributed by atoms with van der Waals surface area (Å²) in [7, 11) is 1.17. The molecule has 92 valence electrons. The van der Waals surface area contributed by atoms with Crippen LogP contribution in [-0.4, -0.2) is 30.2 Å². The van der Waals surface area contributed by atoms with Crippen LogP contribution >= 0.6 is 0 Å². The lowest BCUT2D eigenvalue weighted by Gasteiger charge is -2.11. The van der Waals surface area contributed by atoms with Gasteiger partial charge in [0.2, 0.25) is 0 Å². The number of hydrogen-bond acceptors (Lipinski definition) is 4. The maximum absolute atomic E-state index is 13.3. The molecule has 1 aromatic carbocycles. The summed E-state index contributed by atoms with van der Waals surface area (Å²) in [6.45, 7) is 0. The van der Waals surface area contributed by atoms with Crippen LogP contribution < -0.4 is 5.73 Å². The first-order chi connectivity index (χ1) is 7.97. The van der Waals surface area contributed by atoms with Gasteiger partial charge in [-0.2, -0.15) is 0 Å². The largest absolute Gasteiger partial charge is 0.478 e. The van der Waals surface area contributed by atoms with Gasteiger partial charge in [-0.15, -0.1) is 0 Å². The molecule has 1 atom stereocenters. The molecular weight excluding hydrogens is 229 g/mol. The Bertz CT molecular complexity index is 447. The highest BCUT2D eigenvalue weighted by atomic mass is 19.1. The molecule has 0 aromatic heterocycles. The first kappa shape index (κ1) is 13.1. The van der Waals surface area contributed by atoms with Crippen LogP contribution in [0.5, 0.6) is 0 Å². The van der Waals surface area contributed by atoms with Crippen molar-refractivity contribution in [3.63, 3.8) is 0 Å². The van der Waals surface area contributed by atoms with E-state index in [0.717, 1.165) is 6.07 Å². The fraction of sp³-hybridized carbons (Fsp3) is 0.273. The van der Waals surface area contributed by atoms with E-state index < -0.39 is 29.4 Å². The van der Waals surface area contributed by atoms with Crippen molar-refractivity contribution in [2.75, 3.05) is 7.11 Å². The number of carboxylic acids is 1. The van der Waals surface area contributed by atoms with E-state index in [4.69, 9.17) is 10.8 Å². The van der Waals surface area contributed by atoms with E-state index in [0.29, 0.717) is 0 Å². The predicted octanol–water partition coefficient (Wildman–Crippen LogP) is 0.567. The zero-order valence-corrected chi connectivity index (χ0v) is 9.14. The van der Waals surface area contributed by atoms with E-state index in [9.17, 15) is 14.0 Å². The monoisotopic (exact) mass is 241 g/mol. The van der Waals surface area contributed by atoms with Crippen LogP contribution in [0, 0.1) is 5.82 Å². The van der Waals surface area contributed by atoms with Crippen molar-refractivity contribution in [3.8, 4) is 0 Å². The number of carboxylic acid groups (broad SMARTS) is 1. The van der Waals surface area contributed by atoms with Gasteiger partial charge < -0.3 is 15.6 Å². The number of rotatable bonds is 4. The van der Waals surface area contributed by atoms with Gasteiger partial charge in [0.1, 0.15) is 11.9 Å². The van der Waals surface area contributed by atoms with Crippen LogP contribution in [0.3, 0.4) is 0 Å². The minimum atomic E-state index is -1.39. The van der Waals surface area contributed by atoms with E-state index in [1.165, 1.54) is 19.2 Å². The topological polar surface area (TPSA) is 89.6 Å². The molecule has 0 saturated carbocycles. The number of hydrogen-bond donors (Lipinski definition) is 2.